The zero-order chi connectivity index (χ0) is 18.4. The van der Waals surface area contributed by atoms with E-state index in [1.165, 1.54) is 0 Å². The van der Waals surface area contributed by atoms with E-state index in [0.29, 0.717) is 18.1 Å². The molecule has 0 fully saturated rings. The van der Waals surface area contributed by atoms with E-state index in [0.717, 1.165) is 12.0 Å². The van der Waals surface area contributed by atoms with Gasteiger partial charge >= 0.3 is 0 Å². The second-order valence-electron chi connectivity index (χ2n) is 6.12. The molecule has 1 N–H and O–H groups in total. The fourth-order valence-electron chi connectivity index (χ4n) is 2.45. The number of hydrogen-bond acceptors (Lipinski definition) is 5. The number of ether oxygens (including phenoxy) is 1. The van der Waals surface area contributed by atoms with Crippen LogP contribution in [-0.2, 0) is 10.0 Å². The number of benzene rings is 1. The van der Waals surface area contributed by atoms with Crippen LogP contribution in [0.2, 0.25) is 0 Å². The lowest BCUT2D eigenvalue weighted by molar-refractivity contribution is 0.259. The molecule has 0 saturated carbocycles. The molecule has 1 heterocycles. The van der Waals surface area contributed by atoms with Crippen LogP contribution in [0.25, 0.3) is 0 Å². The quantitative estimate of drug-likeness (QED) is 0.739. The number of nitrogens with one attached hydrogen (secondary N) is 1. The summed E-state index contributed by atoms with van der Waals surface area (Å²) in [5.74, 6) is 1.43. The lowest BCUT2D eigenvalue weighted by Crippen LogP contribution is -2.34. The molecule has 1 unspecified atom stereocenters. The average Bonchev–Trinajstić information content (AvgIpc) is 3.07. The van der Waals surface area contributed by atoms with E-state index in [2.05, 4.69) is 4.72 Å². The Hall–Kier alpha value is -1.83. The molecular formula is C18H26N2O4S. The van der Waals surface area contributed by atoms with Crippen molar-refractivity contribution in [3.8, 4) is 5.75 Å². The molecule has 0 amide bonds. The fraction of sp³-hybridized carbons (Fsp3) is 0.444. The van der Waals surface area contributed by atoms with Crippen LogP contribution < -0.4 is 9.46 Å². The van der Waals surface area contributed by atoms with Crippen molar-refractivity contribution in [3.05, 3.63) is 47.9 Å². The third-order valence-corrected chi connectivity index (χ3v) is 5.30. The molecule has 0 aliphatic rings. The average molecular weight is 366 g/mol. The first-order chi connectivity index (χ1) is 11.8. The number of likely N-dealkylation sites (N-methyl/N-ethyl adjacent to an activating group) is 1. The summed E-state index contributed by atoms with van der Waals surface area (Å²) >= 11 is 0. The maximum Gasteiger partial charge on any atom is 0.240 e. The maximum atomic E-state index is 12.6. The van der Waals surface area contributed by atoms with Gasteiger partial charge in [0.15, 0.2) is 0 Å². The van der Waals surface area contributed by atoms with Gasteiger partial charge in [0.2, 0.25) is 10.0 Å². The summed E-state index contributed by atoms with van der Waals surface area (Å²) in [6.07, 6.45) is 2.48. The fourth-order valence-corrected chi connectivity index (χ4v) is 3.58. The molecule has 0 saturated heterocycles. The zero-order valence-corrected chi connectivity index (χ0v) is 16.0. The number of rotatable bonds is 9. The summed E-state index contributed by atoms with van der Waals surface area (Å²) in [6.45, 7) is 4.70. The van der Waals surface area contributed by atoms with Gasteiger partial charge in [-0.25, -0.2) is 13.1 Å². The van der Waals surface area contributed by atoms with Gasteiger partial charge in [0, 0.05) is 6.54 Å². The van der Waals surface area contributed by atoms with Crippen LogP contribution in [0.15, 0.2) is 45.9 Å². The van der Waals surface area contributed by atoms with Crippen molar-refractivity contribution in [2.75, 3.05) is 27.2 Å². The lowest BCUT2D eigenvalue weighted by Gasteiger charge is -2.22. The lowest BCUT2D eigenvalue weighted by atomic mass is 10.2. The van der Waals surface area contributed by atoms with Gasteiger partial charge in [-0.2, -0.15) is 0 Å². The van der Waals surface area contributed by atoms with Crippen molar-refractivity contribution >= 4 is 10.0 Å². The summed E-state index contributed by atoms with van der Waals surface area (Å²) in [5, 5.41) is 0. The van der Waals surface area contributed by atoms with Crippen LogP contribution in [0.3, 0.4) is 0 Å². The molecule has 2 aromatic rings. The number of aryl methyl sites for hydroxylation is 1. The Kier molecular flexibility index (Phi) is 6.64. The molecular weight excluding hydrogens is 340 g/mol. The van der Waals surface area contributed by atoms with E-state index in [-0.39, 0.29) is 17.5 Å². The largest absolute Gasteiger partial charge is 0.493 e. The van der Waals surface area contributed by atoms with Crippen molar-refractivity contribution in [3.63, 3.8) is 0 Å². The van der Waals surface area contributed by atoms with E-state index in [1.54, 1.807) is 30.5 Å². The molecule has 0 spiro atoms. The van der Waals surface area contributed by atoms with Crippen LogP contribution in [0.4, 0.5) is 0 Å². The SMILES string of the molecule is CCCOc1ccc(S(=O)(=O)NCC(c2ccco2)N(C)C)cc1C. The predicted molar refractivity (Wildman–Crippen MR) is 97.3 cm³/mol. The normalized spacial score (nSPS) is 13.2. The van der Waals surface area contributed by atoms with Gasteiger partial charge in [0.25, 0.3) is 0 Å². The smallest absolute Gasteiger partial charge is 0.240 e. The summed E-state index contributed by atoms with van der Waals surface area (Å²) in [5.41, 5.74) is 0.798. The highest BCUT2D eigenvalue weighted by molar-refractivity contribution is 7.89. The first-order valence-corrected chi connectivity index (χ1v) is 9.76. The second-order valence-corrected chi connectivity index (χ2v) is 7.89. The van der Waals surface area contributed by atoms with Crippen LogP contribution in [0.1, 0.15) is 30.7 Å². The molecule has 1 aromatic carbocycles. The topological polar surface area (TPSA) is 71.8 Å². The molecule has 0 radical (unpaired) electrons. The third-order valence-electron chi connectivity index (χ3n) is 3.88. The Morgan fingerprint density at radius 1 is 1.28 bits per heavy atom. The molecule has 1 atom stereocenters. The predicted octanol–water partition coefficient (Wildman–Crippen LogP) is 2.96. The number of furan rings is 1. The summed E-state index contributed by atoms with van der Waals surface area (Å²) in [7, 11) is 0.147. The van der Waals surface area contributed by atoms with E-state index in [9.17, 15) is 8.42 Å². The molecule has 6 nitrogen and oxygen atoms in total. The number of hydrogen-bond donors (Lipinski definition) is 1. The minimum Gasteiger partial charge on any atom is -0.493 e. The van der Waals surface area contributed by atoms with Gasteiger partial charge in [0.05, 0.1) is 23.8 Å². The van der Waals surface area contributed by atoms with Gasteiger partial charge in [-0.3, -0.25) is 4.90 Å². The van der Waals surface area contributed by atoms with Crippen molar-refractivity contribution in [2.45, 2.75) is 31.2 Å². The maximum absolute atomic E-state index is 12.6. The standard InChI is InChI=1S/C18H26N2O4S/c1-5-10-23-17-9-8-15(12-14(17)2)25(21,22)19-13-16(20(3)4)18-7-6-11-24-18/h6-9,11-12,16,19H,5,10,13H2,1-4H3. The first-order valence-electron chi connectivity index (χ1n) is 8.28. The van der Waals surface area contributed by atoms with Crippen molar-refractivity contribution in [2.24, 2.45) is 0 Å². The highest BCUT2D eigenvalue weighted by atomic mass is 32.2. The summed E-state index contributed by atoms with van der Waals surface area (Å²) < 4.78 is 38.9. The van der Waals surface area contributed by atoms with Crippen molar-refractivity contribution in [1.82, 2.24) is 9.62 Å². The van der Waals surface area contributed by atoms with Crippen LogP contribution in [0, 0.1) is 6.92 Å². The van der Waals surface area contributed by atoms with Crippen molar-refractivity contribution < 1.29 is 17.6 Å². The van der Waals surface area contributed by atoms with Crippen molar-refractivity contribution in [1.29, 1.82) is 0 Å². The van der Waals surface area contributed by atoms with Gasteiger partial charge < -0.3 is 9.15 Å². The molecule has 1 aromatic heterocycles. The minimum atomic E-state index is -3.61. The van der Waals surface area contributed by atoms with Gasteiger partial charge in [-0.05, 0) is 63.3 Å². The Morgan fingerprint density at radius 3 is 2.60 bits per heavy atom. The number of nitrogens with zero attached hydrogens (tertiary/aromatic N) is 1. The second kappa shape index (κ2) is 8.51. The Bertz CT molecular complexity index is 770. The first kappa shape index (κ1) is 19.5. The molecule has 0 aliphatic carbocycles. The third kappa shape index (κ3) is 5.07. The summed E-state index contributed by atoms with van der Waals surface area (Å²) in [6, 6.07) is 8.35. The minimum absolute atomic E-state index is 0.182. The van der Waals surface area contributed by atoms with E-state index in [4.69, 9.17) is 9.15 Å². The zero-order valence-electron chi connectivity index (χ0n) is 15.2. The molecule has 0 aliphatic heterocycles. The van der Waals surface area contributed by atoms with Crippen LogP contribution >= 0.6 is 0 Å². The van der Waals surface area contributed by atoms with Crippen LogP contribution in [-0.4, -0.2) is 40.6 Å². The molecule has 138 valence electrons. The van der Waals surface area contributed by atoms with Gasteiger partial charge in [-0.15, -0.1) is 0 Å². The van der Waals surface area contributed by atoms with Gasteiger partial charge in [-0.1, -0.05) is 6.92 Å². The highest BCUT2D eigenvalue weighted by Crippen LogP contribution is 2.23. The summed E-state index contributed by atoms with van der Waals surface area (Å²) in [4.78, 5) is 2.14. The highest BCUT2D eigenvalue weighted by Gasteiger charge is 2.22. The molecule has 0 bridgehead atoms. The molecule has 25 heavy (non-hydrogen) atoms. The Morgan fingerprint density at radius 2 is 2.04 bits per heavy atom. The van der Waals surface area contributed by atoms with E-state index in [1.807, 2.05) is 38.9 Å². The van der Waals surface area contributed by atoms with Gasteiger partial charge in [0.1, 0.15) is 11.5 Å². The monoisotopic (exact) mass is 366 g/mol. The van der Waals surface area contributed by atoms with Crippen LogP contribution in [0.5, 0.6) is 5.75 Å². The molecule has 7 heteroatoms. The van der Waals surface area contributed by atoms with E-state index < -0.39 is 10.0 Å². The van der Waals surface area contributed by atoms with E-state index >= 15 is 0 Å². The molecule has 2 rings (SSSR count). The Labute approximate surface area is 149 Å². The Balaban J connectivity index is 2.12. The number of sulfonamides is 1.